The fraction of sp³-hybridized carbons (Fsp3) is 0.690. The lowest BCUT2D eigenvalue weighted by Gasteiger charge is -2.43. The summed E-state index contributed by atoms with van der Waals surface area (Å²) in [6, 6.07) is 3.17. The molecule has 0 aromatic heterocycles. The molecule has 0 aliphatic carbocycles. The SMILES string of the molecule is CC(C)=CCc1cc(C(=O)OC[C@H]2O[C@H](O[C@]3(CO)O[C@H](CO)[C@@H](O)[C@@H]3O)[C@H](O)[C@@H](O)[C@@H]2O)cc2c1OC(C)(C)[C@@H](O)C2. The summed E-state index contributed by atoms with van der Waals surface area (Å²) >= 11 is 0. The molecule has 0 unspecified atom stereocenters. The van der Waals surface area contributed by atoms with Gasteiger partial charge in [-0.2, -0.15) is 0 Å². The lowest BCUT2D eigenvalue weighted by atomic mass is 9.88. The molecule has 242 valence electrons. The van der Waals surface area contributed by atoms with Gasteiger partial charge in [0, 0.05) is 6.42 Å². The number of hydrogen-bond donors (Lipinski definition) is 8. The Bertz CT molecular complexity index is 1180. The molecular formula is C29H42O14. The minimum Gasteiger partial charge on any atom is -0.485 e. The summed E-state index contributed by atoms with van der Waals surface area (Å²) < 4.78 is 27.9. The van der Waals surface area contributed by atoms with Crippen molar-refractivity contribution >= 4 is 5.97 Å². The first-order valence-electron chi connectivity index (χ1n) is 14.1. The van der Waals surface area contributed by atoms with E-state index in [1.807, 2.05) is 19.9 Å². The summed E-state index contributed by atoms with van der Waals surface area (Å²) in [7, 11) is 0. The maximum Gasteiger partial charge on any atom is 0.338 e. The van der Waals surface area contributed by atoms with Gasteiger partial charge in [0.05, 0.1) is 18.3 Å². The maximum absolute atomic E-state index is 13.2. The van der Waals surface area contributed by atoms with Crippen LogP contribution in [0.25, 0.3) is 0 Å². The van der Waals surface area contributed by atoms with Crippen LogP contribution in [-0.4, -0.2) is 133 Å². The molecule has 0 spiro atoms. The molecule has 4 rings (SSSR count). The summed E-state index contributed by atoms with van der Waals surface area (Å²) in [6.45, 7) is 5.07. The molecule has 0 radical (unpaired) electrons. The van der Waals surface area contributed by atoms with Gasteiger partial charge in [0.15, 0.2) is 6.29 Å². The van der Waals surface area contributed by atoms with Crippen molar-refractivity contribution in [1.82, 2.24) is 0 Å². The van der Waals surface area contributed by atoms with Crippen LogP contribution in [0.1, 0.15) is 49.2 Å². The molecule has 0 saturated carbocycles. The molecule has 3 aliphatic heterocycles. The molecule has 2 saturated heterocycles. The number of hydrogen-bond acceptors (Lipinski definition) is 14. The van der Waals surface area contributed by atoms with Gasteiger partial charge in [0.1, 0.15) is 67.3 Å². The van der Waals surface area contributed by atoms with Crippen LogP contribution in [0, 0.1) is 0 Å². The van der Waals surface area contributed by atoms with Crippen molar-refractivity contribution in [3.05, 3.63) is 40.5 Å². The number of ether oxygens (including phenoxy) is 5. The second kappa shape index (κ2) is 13.0. The highest BCUT2D eigenvalue weighted by molar-refractivity contribution is 5.90. The highest BCUT2D eigenvalue weighted by atomic mass is 16.8. The molecule has 0 bridgehead atoms. The lowest BCUT2D eigenvalue weighted by molar-refractivity contribution is -0.383. The van der Waals surface area contributed by atoms with Crippen LogP contribution in [0.5, 0.6) is 5.75 Å². The van der Waals surface area contributed by atoms with E-state index in [0.717, 1.165) is 5.57 Å². The van der Waals surface area contributed by atoms with E-state index in [4.69, 9.17) is 23.7 Å². The van der Waals surface area contributed by atoms with E-state index in [-0.39, 0.29) is 12.0 Å². The second-order valence-electron chi connectivity index (χ2n) is 12.0. The van der Waals surface area contributed by atoms with E-state index in [0.29, 0.717) is 23.3 Å². The van der Waals surface area contributed by atoms with E-state index < -0.39 is 92.3 Å². The Morgan fingerprint density at radius 2 is 1.70 bits per heavy atom. The standard InChI is InChI=1S/C29H42O14/c1-13(2)5-6-14-7-16(8-15-9-19(32)28(3,4)42-24(14)15)26(38)39-11-18-20(33)22(35)23(36)27(40-18)43-29(12-31)25(37)21(34)17(10-30)41-29/h5,7-8,17-23,25,27,30-37H,6,9-12H2,1-4H3/t17-,18-,19+,20-,21-,22+,23-,25+,27-,29+/m1/s1. The summed E-state index contributed by atoms with van der Waals surface area (Å²) in [5.41, 5.74) is 1.69. The first kappa shape index (κ1) is 33.7. The van der Waals surface area contributed by atoms with Crippen LogP contribution < -0.4 is 4.74 Å². The number of rotatable bonds is 9. The van der Waals surface area contributed by atoms with E-state index in [9.17, 15) is 45.6 Å². The molecule has 43 heavy (non-hydrogen) atoms. The quantitative estimate of drug-likeness (QED) is 0.112. The molecule has 2 fully saturated rings. The number of carbonyl (C=O) groups is 1. The molecule has 10 atom stereocenters. The van der Waals surface area contributed by atoms with Crippen LogP contribution in [0.3, 0.4) is 0 Å². The number of aliphatic hydroxyl groups is 8. The highest BCUT2D eigenvalue weighted by Gasteiger charge is 2.58. The van der Waals surface area contributed by atoms with Gasteiger partial charge in [0.2, 0.25) is 5.79 Å². The topological polar surface area (TPSA) is 225 Å². The fourth-order valence-corrected chi connectivity index (χ4v) is 5.27. The first-order chi connectivity index (χ1) is 20.1. The average Bonchev–Trinajstić information content (AvgIpc) is 3.20. The third kappa shape index (κ3) is 6.74. The van der Waals surface area contributed by atoms with E-state index >= 15 is 0 Å². The summed E-state index contributed by atoms with van der Waals surface area (Å²) in [5, 5.41) is 81.9. The number of benzene rings is 1. The van der Waals surface area contributed by atoms with Crippen molar-refractivity contribution in [2.75, 3.05) is 19.8 Å². The largest absolute Gasteiger partial charge is 0.485 e. The number of esters is 1. The molecule has 3 heterocycles. The van der Waals surface area contributed by atoms with E-state index in [2.05, 4.69) is 0 Å². The zero-order valence-electron chi connectivity index (χ0n) is 24.5. The molecular weight excluding hydrogens is 572 g/mol. The van der Waals surface area contributed by atoms with Gasteiger partial charge in [0.25, 0.3) is 0 Å². The van der Waals surface area contributed by atoms with Gasteiger partial charge < -0.3 is 64.5 Å². The lowest BCUT2D eigenvalue weighted by Crippen LogP contribution is -2.62. The Morgan fingerprint density at radius 1 is 1.00 bits per heavy atom. The summed E-state index contributed by atoms with van der Waals surface area (Å²) in [5.74, 6) is -2.56. The van der Waals surface area contributed by atoms with Gasteiger partial charge >= 0.3 is 5.97 Å². The van der Waals surface area contributed by atoms with Gasteiger partial charge in [-0.1, -0.05) is 11.6 Å². The van der Waals surface area contributed by atoms with Crippen molar-refractivity contribution in [2.24, 2.45) is 0 Å². The monoisotopic (exact) mass is 614 g/mol. The van der Waals surface area contributed by atoms with Crippen LogP contribution in [0.4, 0.5) is 0 Å². The van der Waals surface area contributed by atoms with Crippen LogP contribution in [0.2, 0.25) is 0 Å². The van der Waals surface area contributed by atoms with Crippen molar-refractivity contribution in [1.29, 1.82) is 0 Å². The zero-order chi connectivity index (χ0) is 31.9. The normalized spacial score (nSPS) is 36.9. The minimum absolute atomic E-state index is 0.149. The predicted octanol–water partition coefficient (Wildman–Crippen LogP) is -1.95. The molecule has 1 aromatic carbocycles. The number of aliphatic hydroxyl groups excluding tert-OH is 8. The third-order valence-electron chi connectivity index (χ3n) is 8.06. The van der Waals surface area contributed by atoms with Crippen molar-refractivity contribution in [2.45, 2.75) is 107 Å². The first-order valence-corrected chi connectivity index (χ1v) is 14.1. The van der Waals surface area contributed by atoms with Gasteiger partial charge in [-0.3, -0.25) is 0 Å². The summed E-state index contributed by atoms with van der Waals surface area (Å²) in [6.07, 6.45) is -11.8. The predicted molar refractivity (Wildman–Crippen MR) is 146 cm³/mol. The fourth-order valence-electron chi connectivity index (χ4n) is 5.27. The number of carbonyl (C=O) groups excluding carboxylic acids is 1. The maximum atomic E-state index is 13.2. The Balaban J connectivity index is 1.51. The number of fused-ring (bicyclic) bond motifs is 1. The Hall–Kier alpha value is -2.21. The highest BCUT2D eigenvalue weighted by Crippen LogP contribution is 2.38. The van der Waals surface area contributed by atoms with E-state index in [1.54, 1.807) is 26.0 Å². The molecule has 3 aliphatic rings. The minimum atomic E-state index is -2.34. The second-order valence-corrected chi connectivity index (χ2v) is 12.0. The van der Waals surface area contributed by atoms with Gasteiger partial charge in [-0.15, -0.1) is 0 Å². The average molecular weight is 615 g/mol. The van der Waals surface area contributed by atoms with Crippen LogP contribution in [-0.2, 0) is 31.8 Å². The van der Waals surface area contributed by atoms with Crippen LogP contribution >= 0.6 is 0 Å². The molecule has 8 N–H and O–H groups in total. The Morgan fingerprint density at radius 3 is 2.30 bits per heavy atom. The van der Waals surface area contributed by atoms with Crippen molar-refractivity contribution < 1.29 is 69.3 Å². The molecule has 1 aromatic rings. The Kier molecular flexibility index (Phi) is 10.2. The summed E-state index contributed by atoms with van der Waals surface area (Å²) in [4.78, 5) is 13.2. The third-order valence-corrected chi connectivity index (χ3v) is 8.06. The van der Waals surface area contributed by atoms with Crippen LogP contribution in [0.15, 0.2) is 23.8 Å². The molecule has 14 heteroatoms. The Labute approximate surface area is 248 Å². The zero-order valence-corrected chi connectivity index (χ0v) is 24.5. The van der Waals surface area contributed by atoms with Crippen molar-refractivity contribution in [3.8, 4) is 5.75 Å². The van der Waals surface area contributed by atoms with E-state index in [1.165, 1.54) is 0 Å². The molecule has 0 amide bonds. The van der Waals surface area contributed by atoms with Gasteiger partial charge in [-0.05, 0) is 57.4 Å². The number of allylic oxidation sites excluding steroid dienone is 2. The molecule has 14 nitrogen and oxygen atoms in total. The van der Waals surface area contributed by atoms with Crippen molar-refractivity contribution in [3.63, 3.8) is 0 Å². The smallest absolute Gasteiger partial charge is 0.338 e. The van der Waals surface area contributed by atoms with Gasteiger partial charge in [-0.25, -0.2) is 4.79 Å².